The first-order valence-electron chi connectivity index (χ1n) is 5.42. The van der Waals surface area contributed by atoms with Crippen LogP contribution in [0.25, 0.3) is 0 Å². The van der Waals surface area contributed by atoms with Gasteiger partial charge < -0.3 is 10.6 Å². The lowest BCUT2D eigenvalue weighted by atomic mass is 10.1. The summed E-state index contributed by atoms with van der Waals surface area (Å²) in [6, 6.07) is 3.48. The predicted molar refractivity (Wildman–Crippen MR) is 61.4 cm³/mol. The van der Waals surface area contributed by atoms with Crippen LogP contribution >= 0.6 is 0 Å². The highest BCUT2D eigenvalue weighted by Crippen LogP contribution is 2.10. The summed E-state index contributed by atoms with van der Waals surface area (Å²) in [7, 11) is 1.66. The molecule has 0 aliphatic rings. The van der Waals surface area contributed by atoms with Crippen LogP contribution in [0.3, 0.4) is 0 Å². The van der Waals surface area contributed by atoms with Gasteiger partial charge in [-0.3, -0.25) is 4.79 Å². The van der Waals surface area contributed by atoms with Crippen molar-refractivity contribution in [3.8, 4) is 0 Å². The van der Waals surface area contributed by atoms with Crippen molar-refractivity contribution < 1.29 is 13.6 Å². The molecule has 0 unspecified atom stereocenters. The van der Waals surface area contributed by atoms with Gasteiger partial charge in [0.2, 0.25) is 5.91 Å². The highest BCUT2D eigenvalue weighted by atomic mass is 19.2. The van der Waals surface area contributed by atoms with Gasteiger partial charge in [0.1, 0.15) is 0 Å². The van der Waals surface area contributed by atoms with Gasteiger partial charge in [0.15, 0.2) is 11.6 Å². The first-order valence-corrected chi connectivity index (χ1v) is 5.42. The van der Waals surface area contributed by atoms with E-state index in [1.54, 1.807) is 7.05 Å². The molecule has 0 bridgehead atoms. The number of nitrogens with two attached hydrogens (primary N) is 1. The van der Waals surface area contributed by atoms with Gasteiger partial charge in [-0.25, -0.2) is 8.78 Å². The van der Waals surface area contributed by atoms with Crippen LogP contribution in [-0.4, -0.2) is 30.9 Å². The topological polar surface area (TPSA) is 46.3 Å². The van der Waals surface area contributed by atoms with Gasteiger partial charge in [-0.1, -0.05) is 6.07 Å². The third-order valence-corrected chi connectivity index (χ3v) is 2.46. The number of halogens is 2. The molecule has 2 N–H and O–H groups in total. The van der Waals surface area contributed by atoms with Gasteiger partial charge in [-0.15, -0.1) is 0 Å². The SMILES string of the molecule is CN(CCCN)C(=O)Cc1ccc(F)c(F)c1. The summed E-state index contributed by atoms with van der Waals surface area (Å²) in [4.78, 5) is 13.2. The standard InChI is InChI=1S/C12H16F2N2O/c1-16(6-2-5-15)12(17)8-9-3-4-10(13)11(14)7-9/h3-4,7H,2,5-6,8,15H2,1H3. The van der Waals surface area contributed by atoms with E-state index in [2.05, 4.69) is 0 Å². The average Bonchev–Trinajstić information content (AvgIpc) is 2.30. The predicted octanol–water partition coefficient (Wildman–Crippen LogP) is 1.31. The first kappa shape index (κ1) is 13.6. The van der Waals surface area contributed by atoms with Crippen molar-refractivity contribution in [3.05, 3.63) is 35.4 Å². The van der Waals surface area contributed by atoms with Gasteiger partial charge in [0, 0.05) is 13.6 Å². The highest BCUT2D eigenvalue weighted by molar-refractivity contribution is 5.78. The van der Waals surface area contributed by atoms with Crippen molar-refractivity contribution in [2.24, 2.45) is 5.73 Å². The van der Waals surface area contributed by atoms with E-state index >= 15 is 0 Å². The molecule has 1 aromatic carbocycles. The van der Waals surface area contributed by atoms with Gasteiger partial charge in [0.25, 0.3) is 0 Å². The summed E-state index contributed by atoms with van der Waals surface area (Å²) in [5, 5.41) is 0. The largest absolute Gasteiger partial charge is 0.345 e. The van der Waals surface area contributed by atoms with E-state index in [-0.39, 0.29) is 12.3 Å². The lowest BCUT2D eigenvalue weighted by Crippen LogP contribution is -2.30. The second-order valence-corrected chi connectivity index (χ2v) is 3.88. The van der Waals surface area contributed by atoms with Crippen molar-refractivity contribution in [3.63, 3.8) is 0 Å². The first-order chi connectivity index (χ1) is 8.04. The minimum absolute atomic E-state index is 0.0677. The molecule has 0 heterocycles. The third-order valence-electron chi connectivity index (χ3n) is 2.46. The summed E-state index contributed by atoms with van der Waals surface area (Å²) in [6.07, 6.45) is 0.790. The number of benzene rings is 1. The normalized spacial score (nSPS) is 10.4. The van der Waals surface area contributed by atoms with Crippen molar-refractivity contribution >= 4 is 5.91 Å². The maximum atomic E-state index is 12.9. The smallest absolute Gasteiger partial charge is 0.226 e. The quantitative estimate of drug-likeness (QED) is 0.846. The van der Waals surface area contributed by atoms with Crippen LogP contribution < -0.4 is 5.73 Å². The Morgan fingerprint density at radius 3 is 2.65 bits per heavy atom. The molecule has 94 valence electrons. The number of rotatable bonds is 5. The number of carbonyl (C=O) groups excluding carboxylic acids is 1. The molecule has 3 nitrogen and oxygen atoms in total. The molecule has 0 aliphatic carbocycles. The summed E-state index contributed by atoms with van der Waals surface area (Å²) >= 11 is 0. The van der Waals surface area contributed by atoms with Gasteiger partial charge in [-0.05, 0) is 30.7 Å². The van der Waals surface area contributed by atoms with Gasteiger partial charge in [0.05, 0.1) is 6.42 Å². The second kappa shape index (κ2) is 6.30. The molecular weight excluding hydrogens is 226 g/mol. The van der Waals surface area contributed by atoms with E-state index in [1.807, 2.05) is 0 Å². The van der Waals surface area contributed by atoms with E-state index in [9.17, 15) is 13.6 Å². The van der Waals surface area contributed by atoms with Crippen molar-refractivity contribution in [2.75, 3.05) is 20.1 Å². The molecule has 0 aliphatic heterocycles. The Bertz CT molecular complexity index is 396. The molecule has 1 amide bonds. The number of carbonyl (C=O) groups is 1. The fraction of sp³-hybridized carbons (Fsp3) is 0.417. The molecule has 0 spiro atoms. The zero-order valence-electron chi connectivity index (χ0n) is 9.75. The fourth-order valence-corrected chi connectivity index (χ4v) is 1.41. The van der Waals surface area contributed by atoms with Crippen molar-refractivity contribution in [1.29, 1.82) is 0 Å². The molecule has 0 fully saturated rings. The highest BCUT2D eigenvalue weighted by Gasteiger charge is 2.10. The molecule has 0 atom stereocenters. The van der Waals surface area contributed by atoms with Crippen LogP contribution in [0.4, 0.5) is 8.78 Å². The Morgan fingerprint density at radius 2 is 2.06 bits per heavy atom. The number of hydrogen-bond acceptors (Lipinski definition) is 2. The van der Waals surface area contributed by atoms with Crippen LogP contribution in [0.5, 0.6) is 0 Å². The molecular formula is C12H16F2N2O. The summed E-state index contributed by atoms with van der Waals surface area (Å²) < 4.78 is 25.6. The van der Waals surface area contributed by atoms with Crippen LogP contribution in [0.15, 0.2) is 18.2 Å². The Morgan fingerprint density at radius 1 is 1.35 bits per heavy atom. The van der Waals surface area contributed by atoms with Gasteiger partial charge >= 0.3 is 0 Å². The third kappa shape index (κ3) is 4.11. The Labute approximate surface area is 99.2 Å². The molecule has 1 aromatic rings. The molecule has 0 saturated heterocycles. The van der Waals surface area contributed by atoms with E-state index in [0.29, 0.717) is 18.7 Å². The molecule has 0 radical (unpaired) electrons. The fourth-order valence-electron chi connectivity index (χ4n) is 1.41. The van der Waals surface area contributed by atoms with Gasteiger partial charge in [-0.2, -0.15) is 0 Å². The second-order valence-electron chi connectivity index (χ2n) is 3.88. The summed E-state index contributed by atoms with van der Waals surface area (Å²) in [5.74, 6) is -1.97. The lowest BCUT2D eigenvalue weighted by molar-refractivity contribution is -0.129. The van der Waals surface area contributed by atoms with Crippen molar-refractivity contribution in [1.82, 2.24) is 4.90 Å². The molecule has 1 rings (SSSR count). The van der Waals surface area contributed by atoms with Crippen LogP contribution in [-0.2, 0) is 11.2 Å². The zero-order chi connectivity index (χ0) is 12.8. The van der Waals surface area contributed by atoms with Crippen molar-refractivity contribution in [2.45, 2.75) is 12.8 Å². The Kier molecular flexibility index (Phi) is 5.03. The molecule has 5 heteroatoms. The number of amides is 1. The minimum atomic E-state index is -0.931. The van der Waals surface area contributed by atoms with E-state index in [0.717, 1.165) is 18.6 Å². The molecule has 17 heavy (non-hydrogen) atoms. The minimum Gasteiger partial charge on any atom is -0.345 e. The van der Waals surface area contributed by atoms with Crippen LogP contribution in [0.1, 0.15) is 12.0 Å². The van der Waals surface area contributed by atoms with Crippen LogP contribution in [0, 0.1) is 11.6 Å². The lowest BCUT2D eigenvalue weighted by Gasteiger charge is -2.16. The number of likely N-dealkylation sites (N-methyl/N-ethyl adjacent to an activating group) is 1. The number of nitrogens with zero attached hydrogens (tertiary/aromatic N) is 1. The molecule has 0 saturated carbocycles. The summed E-state index contributed by atoms with van der Waals surface area (Å²) in [6.45, 7) is 1.09. The average molecular weight is 242 g/mol. The maximum absolute atomic E-state index is 12.9. The Hall–Kier alpha value is -1.49. The van der Waals surface area contributed by atoms with E-state index in [4.69, 9.17) is 5.73 Å². The number of hydrogen-bond donors (Lipinski definition) is 1. The monoisotopic (exact) mass is 242 g/mol. The van der Waals surface area contributed by atoms with E-state index in [1.165, 1.54) is 11.0 Å². The Balaban J connectivity index is 2.58. The van der Waals surface area contributed by atoms with Crippen LogP contribution in [0.2, 0.25) is 0 Å². The van der Waals surface area contributed by atoms with E-state index < -0.39 is 11.6 Å². The zero-order valence-corrected chi connectivity index (χ0v) is 9.75. The molecule has 0 aromatic heterocycles. The summed E-state index contributed by atoms with van der Waals surface area (Å²) in [5.41, 5.74) is 5.80. The maximum Gasteiger partial charge on any atom is 0.226 e.